The van der Waals surface area contributed by atoms with Gasteiger partial charge in [-0.15, -0.1) is 6.42 Å². The van der Waals surface area contributed by atoms with Gasteiger partial charge in [-0.2, -0.15) is 0 Å². The van der Waals surface area contributed by atoms with Gasteiger partial charge >= 0.3 is 6.09 Å². The van der Waals surface area contributed by atoms with Crippen molar-refractivity contribution >= 4 is 23.4 Å². The number of halogens is 1. The van der Waals surface area contributed by atoms with E-state index in [0.29, 0.717) is 10.7 Å². The number of carboxylic acid groups (broad SMARTS) is 1. The molecule has 0 radical (unpaired) electrons. The maximum atomic E-state index is 11.0. The summed E-state index contributed by atoms with van der Waals surface area (Å²) in [5.41, 5.74) is 0.473. The molecular weight excluding hydrogens is 214 g/mol. The highest BCUT2D eigenvalue weighted by Crippen LogP contribution is 2.21. The monoisotopic (exact) mass is 223 g/mol. The molecule has 0 spiro atoms. The molecule has 0 aliphatic rings. The summed E-state index contributed by atoms with van der Waals surface area (Å²) in [6.07, 6.45) is 4.10. The highest BCUT2D eigenvalue weighted by Gasteiger charge is 2.19. The van der Waals surface area contributed by atoms with E-state index in [1.807, 2.05) is 0 Å². The van der Waals surface area contributed by atoms with Crippen molar-refractivity contribution in [2.75, 3.05) is 4.90 Å². The summed E-state index contributed by atoms with van der Waals surface area (Å²) in [5, 5.41) is 9.48. The highest BCUT2D eigenvalue weighted by molar-refractivity contribution is 6.30. The van der Waals surface area contributed by atoms with Gasteiger partial charge in [-0.25, -0.2) is 4.79 Å². The molecule has 1 N–H and O–H groups in total. The Labute approximate surface area is 93.3 Å². The number of rotatable bonds is 2. The van der Waals surface area contributed by atoms with Crippen molar-refractivity contribution in [3.63, 3.8) is 0 Å². The largest absolute Gasteiger partial charge is 0.465 e. The first-order valence-corrected chi connectivity index (χ1v) is 4.68. The van der Waals surface area contributed by atoms with Crippen molar-refractivity contribution in [1.29, 1.82) is 0 Å². The molecule has 4 heteroatoms. The predicted octanol–water partition coefficient (Wildman–Crippen LogP) is 2.85. The lowest BCUT2D eigenvalue weighted by Crippen LogP contribution is -2.36. The zero-order chi connectivity index (χ0) is 11.4. The predicted molar refractivity (Wildman–Crippen MR) is 60.3 cm³/mol. The molecule has 0 heterocycles. The van der Waals surface area contributed by atoms with Gasteiger partial charge in [-0.1, -0.05) is 23.6 Å². The fraction of sp³-hybridized carbons (Fsp3) is 0.182. The van der Waals surface area contributed by atoms with Crippen LogP contribution < -0.4 is 4.90 Å². The summed E-state index contributed by atoms with van der Waals surface area (Å²) in [6, 6.07) is 6.03. The molecule has 0 aliphatic carbocycles. The average molecular weight is 224 g/mol. The summed E-state index contributed by atoms with van der Waals surface area (Å²) < 4.78 is 0. The van der Waals surface area contributed by atoms with Gasteiger partial charge in [0.05, 0.1) is 6.04 Å². The lowest BCUT2D eigenvalue weighted by molar-refractivity contribution is 0.201. The van der Waals surface area contributed by atoms with Crippen LogP contribution in [-0.2, 0) is 0 Å². The van der Waals surface area contributed by atoms with Gasteiger partial charge in [0.1, 0.15) is 0 Å². The Kier molecular flexibility index (Phi) is 3.59. The Morgan fingerprint density at radius 3 is 2.80 bits per heavy atom. The maximum Gasteiger partial charge on any atom is 0.412 e. The number of hydrogen-bond donors (Lipinski definition) is 1. The summed E-state index contributed by atoms with van der Waals surface area (Å²) in [5.74, 6) is 2.37. The van der Waals surface area contributed by atoms with Crippen molar-refractivity contribution in [3.05, 3.63) is 29.3 Å². The molecule has 1 unspecified atom stereocenters. The Morgan fingerprint density at radius 2 is 2.33 bits per heavy atom. The smallest absolute Gasteiger partial charge is 0.412 e. The van der Waals surface area contributed by atoms with Crippen LogP contribution in [0.4, 0.5) is 10.5 Å². The van der Waals surface area contributed by atoms with E-state index in [4.69, 9.17) is 23.1 Å². The molecule has 1 aromatic carbocycles. The fourth-order valence-electron chi connectivity index (χ4n) is 1.20. The van der Waals surface area contributed by atoms with Crippen LogP contribution in [0.2, 0.25) is 5.02 Å². The quantitative estimate of drug-likeness (QED) is 0.784. The van der Waals surface area contributed by atoms with Crippen molar-refractivity contribution in [3.8, 4) is 12.3 Å². The molecule has 1 rings (SSSR count). The van der Waals surface area contributed by atoms with Crippen LogP contribution in [0.15, 0.2) is 24.3 Å². The molecule has 0 aromatic heterocycles. The molecule has 15 heavy (non-hydrogen) atoms. The van der Waals surface area contributed by atoms with Gasteiger partial charge in [-0.05, 0) is 25.1 Å². The highest BCUT2D eigenvalue weighted by atomic mass is 35.5. The first kappa shape index (κ1) is 11.4. The molecule has 0 saturated heterocycles. The van der Waals surface area contributed by atoms with E-state index < -0.39 is 12.1 Å². The molecule has 0 bridgehead atoms. The van der Waals surface area contributed by atoms with E-state index in [0.717, 1.165) is 4.90 Å². The second-order valence-corrected chi connectivity index (χ2v) is 3.41. The third-order valence-corrected chi connectivity index (χ3v) is 2.16. The number of carbonyl (C=O) groups is 1. The Morgan fingerprint density at radius 1 is 1.67 bits per heavy atom. The standard InChI is InChI=1S/C11H10ClNO2/c1-3-8(2)13(11(14)15)10-6-4-5-9(12)7-10/h1,4-8H,2H3,(H,14,15). The molecule has 0 aliphatic heterocycles. The van der Waals surface area contributed by atoms with Gasteiger partial charge in [0.15, 0.2) is 0 Å². The van der Waals surface area contributed by atoms with Crippen molar-refractivity contribution < 1.29 is 9.90 Å². The Balaban J connectivity index is 3.11. The summed E-state index contributed by atoms with van der Waals surface area (Å²) in [7, 11) is 0. The summed E-state index contributed by atoms with van der Waals surface area (Å²) in [4.78, 5) is 12.1. The van der Waals surface area contributed by atoms with Crippen LogP contribution in [0.3, 0.4) is 0 Å². The fourth-order valence-corrected chi connectivity index (χ4v) is 1.38. The van der Waals surface area contributed by atoms with E-state index in [1.54, 1.807) is 31.2 Å². The minimum Gasteiger partial charge on any atom is -0.465 e. The summed E-state index contributed by atoms with van der Waals surface area (Å²) >= 11 is 5.77. The minimum atomic E-state index is -1.09. The molecular formula is C11H10ClNO2. The third-order valence-electron chi connectivity index (χ3n) is 1.92. The van der Waals surface area contributed by atoms with Gasteiger partial charge in [0.2, 0.25) is 0 Å². The lowest BCUT2D eigenvalue weighted by Gasteiger charge is -2.22. The van der Waals surface area contributed by atoms with E-state index in [-0.39, 0.29) is 0 Å². The van der Waals surface area contributed by atoms with Crippen LogP contribution in [0.5, 0.6) is 0 Å². The zero-order valence-corrected chi connectivity index (χ0v) is 8.90. The maximum absolute atomic E-state index is 11.0. The molecule has 1 amide bonds. The van der Waals surface area contributed by atoms with Gasteiger partial charge < -0.3 is 5.11 Å². The number of nitrogens with zero attached hydrogens (tertiary/aromatic N) is 1. The molecule has 0 saturated carbocycles. The normalized spacial score (nSPS) is 11.5. The van der Waals surface area contributed by atoms with E-state index in [9.17, 15) is 4.79 Å². The first-order valence-electron chi connectivity index (χ1n) is 4.30. The van der Waals surface area contributed by atoms with Crippen LogP contribution in [-0.4, -0.2) is 17.2 Å². The van der Waals surface area contributed by atoms with Crippen molar-refractivity contribution in [1.82, 2.24) is 0 Å². The van der Waals surface area contributed by atoms with Crippen LogP contribution in [0, 0.1) is 12.3 Å². The molecule has 78 valence electrons. The van der Waals surface area contributed by atoms with Crippen LogP contribution in [0.25, 0.3) is 0 Å². The van der Waals surface area contributed by atoms with Crippen molar-refractivity contribution in [2.45, 2.75) is 13.0 Å². The van der Waals surface area contributed by atoms with Crippen LogP contribution in [0.1, 0.15) is 6.92 Å². The first-order chi connectivity index (χ1) is 7.06. The van der Waals surface area contributed by atoms with E-state index in [1.165, 1.54) is 0 Å². The molecule has 3 nitrogen and oxygen atoms in total. The SMILES string of the molecule is C#CC(C)N(C(=O)O)c1cccc(Cl)c1. The number of anilines is 1. The lowest BCUT2D eigenvalue weighted by atomic mass is 10.2. The van der Waals surface area contributed by atoms with E-state index in [2.05, 4.69) is 5.92 Å². The van der Waals surface area contributed by atoms with Gasteiger partial charge in [-0.3, -0.25) is 4.90 Å². The number of terminal acetylenes is 1. The topological polar surface area (TPSA) is 40.5 Å². The average Bonchev–Trinajstić information content (AvgIpc) is 2.17. The van der Waals surface area contributed by atoms with Gasteiger partial charge in [0, 0.05) is 10.7 Å². The molecule has 1 atom stereocenters. The molecule has 0 fully saturated rings. The second-order valence-electron chi connectivity index (χ2n) is 2.98. The van der Waals surface area contributed by atoms with E-state index >= 15 is 0 Å². The zero-order valence-electron chi connectivity index (χ0n) is 8.14. The van der Waals surface area contributed by atoms with Crippen molar-refractivity contribution in [2.24, 2.45) is 0 Å². The molecule has 1 aromatic rings. The number of hydrogen-bond acceptors (Lipinski definition) is 1. The summed E-state index contributed by atoms with van der Waals surface area (Å²) in [6.45, 7) is 1.63. The van der Waals surface area contributed by atoms with Crippen LogP contribution >= 0.6 is 11.6 Å². The Hall–Kier alpha value is -1.66. The Bertz CT molecular complexity index is 411. The third kappa shape index (κ3) is 2.64. The van der Waals surface area contributed by atoms with Gasteiger partial charge in [0.25, 0.3) is 0 Å². The minimum absolute atomic E-state index is 0.473. The second kappa shape index (κ2) is 4.72. The number of amides is 1. The number of benzene rings is 1.